The molecule has 0 aromatic carbocycles. The summed E-state index contributed by atoms with van der Waals surface area (Å²) in [6.45, 7) is 8.63. The molecule has 0 saturated heterocycles. The highest BCUT2D eigenvalue weighted by atomic mass is 32.1. The van der Waals surface area contributed by atoms with Crippen LogP contribution in [0, 0.1) is 5.92 Å². The second-order valence-electron chi connectivity index (χ2n) is 5.12. The number of carbonyl (C=O) groups excluding carboxylic acids is 1. The van der Waals surface area contributed by atoms with Crippen molar-refractivity contribution >= 4 is 22.4 Å². The van der Waals surface area contributed by atoms with Gasteiger partial charge in [0.15, 0.2) is 5.13 Å². The first-order chi connectivity index (χ1) is 7.88. The Hall–Kier alpha value is -0.940. The van der Waals surface area contributed by atoms with Gasteiger partial charge in [-0.2, -0.15) is 0 Å². The van der Waals surface area contributed by atoms with Gasteiger partial charge < -0.3 is 11.1 Å². The van der Waals surface area contributed by atoms with Crippen LogP contribution in [-0.4, -0.2) is 17.4 Å². The number of thiazole rings is 1. The molecule has 0 fully saturated rings. The first kappa shape index (κ1) is 14.1. The number of hydrogen-bond acceptors (Lipinski definition) is 4. The molecule has 1 amide bonds. The van der Waals surface area contributed by atoms with Gasteiger partial charge in [0.05, 0.1) is 11.6 Å². The minimum absolute atomic E-state index is 0.0114. The fourth-order valence-corrected chi connectivity index (χ4v) is 2.28. The van der Waals surface area contributed by atoms with E-state index in [1.165, 1.54) is 11.3 Å². The van der Waals surface area contributed by atoms with E-state index in [0.717, 1.165) is 12.1 Å². The molecular formula is C12H21N3OS. The van der Waals surface area contributed by atoms with Crippen molar-refractivity contribution in [2.24, 2.45) is 11.7 Å². The number of nitrogens with one attached hydrogen (secondary N) is 1. The Balaban J connectivity index is 2.70. The van der Waals surface area contributed by atoms with Gasteiger partial charge in [0.25, 0.3) is 0 Å². The van der Waals surface area contributed by atoms with E-state index in [1.54, 1.807) is 0 Å². The monoisotopic (exact) mass is 255 g/mol. The average Bonchev–Trinajstić information content (AvgIpc) is 2.67. The van der Waals surface area contributed by atoms with Crippen molar-refractivity contribution in [3.63, 3.8) is 0 Å². The number of carbonyl (C=O) groups is 1. The fourth-order valence-electron chi connectivity index (χ4n) is 1.34. The first-order valence-corrected chi connectivity index (χ1v) is 6.73. The Morgan fingerprint density at radius 1 is 1.59 bits per heavy atom. The summed E-state index contributed by atoms with van der Waals surface area (Å²) in [7, 11) is 0. The number of amides is 1. The predicted molar refractivity (Wildman–Crippen MR) is 72.3 cm³/mol. The Morgan fingerprint density at radius 2 is 2.24 bits per heavy atom. The highest BCUT2D eigenvalue weighted by Gasteiger charge is 2.20. The molecule has 1 heterocycles. The van der Waals surface area contributed by atoms with Gasteiger partial charge >= 0.3 is 0 Å². The van der Waals surface area contributed by atoms with Gasteiger partial charge in [0.2, 0.25) is 5.91 Å². The molecule has 5 heteroatoms. The van der Waals surface area contributed by atoms with E-state index in [4.69, 9.17) is 5.73 Å². The van der Waals surface area contributed by atoms with Crippen molar-refractivity contribution in [1.82, 2.24) is 4.98 Å². The molecule has 0 aliphatic heterocycles. The highest BCUT2D eigenvalue weighted by molar-refractivity contribution is 7.13. The molecule has 0 saturated carbocycles. The number of nitrogens with two attached hydrogens (primary N) is 1. The van der Waals surface area contributed by atoms with Crippen molar-refractivity contribution in [3.05, 3.63) is 11.1 Å². The summed E-state index contributed by atoms with van der Waals surface area (Å²) in [5.41, 5.74) is 6.54. The van der Waals surface area contributed by atoms with Gasteiger partial charge in [-0.15, -0.1) is 11.3 Å². The Kier molecular flexibility index (Phi) is 4.65. The molecule has 1 atom stereocenters. The van der Waals surface area contributed by atoms with Crippen LogP contribution in [0.4, 0.5) is 5.13 Å². The summed E-state index contributed by atoms with van der Waals surface area (Å²) in [5, 5.41) is 5.47. The van der Waals surface area contributed by atoms with E-state index < -0.39 is 0 Å². The van der Waals surface area contributed by atoms with E-state index >= 15 is 0 Å². The van der Waals surface area contributed by atoms with Crippen LogP contribution in [0.15, 0.2) is 5.38 Å². The zero-order valence-electron chi connectivity index (χ0n) is 10.9. The molecule has 1 unspecified atom stereocenters. The third-order valence-electron chi connectivity index (χ3n) is 2.65. The zero-order valence-corrected chi connectivity index (χ0v) is 11.7. The number of anilines is 1. The second kappa shape index (κ2) is 5.60. The van der Waals surface area contributed by atoms with Crippen LogP contribution in [0.2, 0.25) is 0 Å². The minimum atomic E-state index is -0.128. The van der Waals surface area contributed by atoms with E-state index in [0.29, 0.717) is 11.7 Å². The molecule has 1 aromatic rings. The van der Waals surface area contributed by atoms with Crippen LogP contribution < -0.4 is 11.1 Å². The van der Waals surface area contributed by atoms with Gasteiger partial charge in [0.1, 0.15) is 0 Å². The third kappa shape index (κ3) is 3.78. The lowest BCUT2D eigenvalue weighted by molar-refractivity contribution is -0.119. The summed E-state index contributed by atoms with van der Waals surface area (Å²) in [4.78, 5) is 16.2. The molecule has 0 spiro atoms. The predicted octanol–water partition coefficient (Wildman–Crippen LogP) is 2.36. The van der Waals surface area contributed by atoms with Crippen molar-refractivity contribution < 1.29 is 4.79 Å². The van der Waals surface area contributed by atoms with Gasteiger partial charge in [-0.1, -0.05) is 27.7 Å². The largest absolute Gasteiger partial charge is 0.330 e. The second-order valence-corrected chi connectivity index (χ2v) is 5.98. The minimum Gasteiger partial charge on any atom is -0.330 e. The van der Waals surface area contributed by atoms with Gasteiger partial charge in [-0.05, 0) is 6.42 Å². The number of nitrogens with zero attached hydrogens (tertiary/aromatic N) is 1. The molecule has 17 heavy (non-hydrogen) atoms. The van der Waals surface area contributed by atoms with E-state index in [2.05, 4.69) is 31.1 Å². The van der Waals surface area contributed by atoms with Crippen LogP contribution in [0.25, 0.3) is 0 Å². The number of rotatable bonds is 4. The van der Waals surface area contributed by atoms with Crippen LogP contribution in [0.3, 0.4) is 0 Å². The average molecular weight is 255 g/mol. The van der Waals surface area contributed by atoms with Gasteiger partial charge in [-0.25, -0.2) is 4.98 Å². The van der Waals surface area contributed by atoms with E-state index in [-0.39, 0.29) is 17.2 Å². The van der Waals surface area contributed by atoms with Gasteiger partial charge in [-0.3, -0.25) is 4.79 Å². The Labute approximate surface area is 107 Å². The van der Waals surface area contributed by atoms with Crippen LogP contribution >= 0.6 is 11.3 Å². The SMILES string of the molecule is CCC(CN)C(=O)Nc1nc(C(C)(C)C)cs1. The van der Waals surface area contributed by atoms with Gasteiger partial charge in [0, 0.05) is 17.3 Å². The maximum atomic E-state index is 11.8. The normalized spacial score (nSPS) is 13.5. The van der Waals surface area contributed by atoms with Crippen molar-refractivity contribution in [3.8, 4) is 0 Å². The molecule has 0 aliphatic rings. The summed E-state index contributed by atoms with van der Waals surface area (Å²) in [6.07, 6.45) is 0.750. The summed E-state index contributed by atoms with van der Waals surface area (Å²) >= 11 is 1.46. The molecule has 0 bridgehead atoms. The molecular weight excluding hydrogens is 234 g/mol. The zero-order chi connectivity index (χ0) is 13.1. The standard InChI is InChI=1S/C12H21N3OS/c1-5-8(6-13)10(16)15-11-14-9(7-17-11)12(2,3)4/h7-8H,5-6,13H2,1-4H3,(H,14,15,16). The molecule has 96 valence electrons. The smallest absolute Gasteiger partial charge is 0.230 e. The van der Waals surface area contributed by atoms with Crippen LogP contribution in [0.5, 0.6) is 0 Å². The van der Waals surface area contributed by atoms with Crippen LogP contribution in [0.1, 0.15) is 39.8 Å². The quantitative estimate of drug-likeness (QED) is 0.868. The first-order valence-electron chi connectivity index (χ1n) is 5.85. The molecule has 0 aliphatic carbocycles. The molecule has 0 radical (unpaired) electrons. The van der Waals surface area contributed by atoms with Crippen molar-refractivity contribution in [1.29, 1.82) is 0 Å². The third-order valence-corrected chi connectivity index (χ3v) is 3.41. The van der Waals surface area contributed by atoms with Crippen molar-refractivity contribution in [2.45, 2.75) is 39.5 Å². The summed E-state index contributed by atoms with van der Waals surface area (Å²) < 4.78 is 0. The molecule has 4 nitrogen and oxygen atoms in total. The fraction of sp³-hybridized carbons (Fsp3) is 0.667. The summed E-state index contributed by atoms with van der Waals surface area (Å²) in [5.74, 6) is -0.165. The maximum Gasteiger partial charge on any atom is 0.230 e. The van der Waals surface area contributed by atoms with E-state index in [1.807, 2.05) is 12.3 Å². The molecule has 1 rings (SSSR count). The van der Waals surface area contributed by atoms with Crippen LogP contribution in [-0.2, 0) is 10.2 Å². The van der Waals surface area contributed by atoms with Crippen molar-refractivity contribution in [2.75, 3.05) is 11.9 Å². The lowest BCUT2D eigenvalue weighted by atomic mass is 9.93. The Bertz CT molecular complexity index is 377. The Morgan fingerprint density at radius 3 is 2.65 bits per heavy atom. The highest BCUT2D eigenvalue weighted by Crippen LogP contribution is 2.26. The molecule has 1 aromatic heterocycles. The van der Waals surface area contributed by atoms with E-state index in [9.17, 15) is 4.79 Å². The topological polar surface area (TPSA) is 68.0 Å². The molecule has 3 N–H and O–H groups in total. The lowest BCUT2D eigenvalue weighted by Gasteiger charge is -2.14. The number of aromatic nitrogens is 1. The lowest BCUT2D eigenvalue weighted by Crippen LogP contribution is -2.28. The number of hydrogen-bond donors (Lipinski definition) is 2. The summed E-state index contributed by atoms with van der Waals surface area (Å²) in [6, 6.07) is 0. The maximum absolute atomic E-state index is 11.8.